The Balaban J connectivity index is 1.77. The fraction of sp³-hybridized carbons (Fsp3) is 0.389. The third-order valence-corrected chi connectivity index (χ3v) is 4.35. The van der Waals surface area contributed by atoms with Gasteiger partial charge >= 0.3 is 0 Å². The van der Waals surface area contributed by atoms with Crippen LogP contribution in [0.1, 0.15) is 30.1 Å². The van der Waals surface area contributed by atoms with Crippen molar-refractivity contribution in [2.24, 2.45) is 11.7 Å². The molecule has 2 N–H and O–H groups in total. The molecule has 4 heteroatoms. The Bertz CT molecular complexity index is 636. The molecule has 0 saturated carbocycles. The van der Waals surface area contributed by atoms with Crippen molar-refractivity contribution in [2.45, 2.75) is 25.8 Å². The molecule has 0 radical (unpaired) electrons. The summed E-state index contributed by atoms with van der Waals surface area (Å²) in [6, 6.07) is 11.4. The largest absolute Gasteiger partial charge is 0.464 e. The van der Waals surface area contributed by atoms with Crippen molar-refractivity contribution in [2.75, 3.05) is 13.1 Å². The fourth-order valence-corrected chi connectivity index (χ4v) is 3.17. The number of carbonyl (C=O) groups excluding carboxylic acids is 1. The highest BCUT2D eigenvalue weighted by molar-refractivity contribution is 5.95. The van der Waals surface area contributed by atoms with Gasteiger partial charge in [0.25, 0.3) is 5.91 Å². The first kappa shape index (κ1) is 14.9. The smallest absolute Gasteiger partial charge is 0.253 e. The Kier molecular flexibility index (Phi) is 4.29. The number of benzene rings is 1. The molecule has 2 atom stereocenters. The van der Waals surface area contributed by atoms with Crippen LogP contribution in [-0.4, -0.2) is 29.9 Å². The minimum absolute atomic E-state index is 0.0578. The van der Waals surface area contributed by atoms with E-state index in [1.165, 1.54) is 0 Å². The second-order valence-electron chi connectivity index (χ2n) is 5.98. The van der Waals surface area contributed by atoms with Gasteiger partial charge in [-0.15, -0.1) is 0 Å². The molecule has 1 aromatic carbocycles. The topological polar surface area (TPSA) is 59.5 Å². The predicted octanol–water partition coefficient (Wildman–Crippen LogP) is 3.15. The van der Waals surface area contributed by atoms with Crippen LogP contribution in [0.25, 0.3) is 11.3 Å². The van der Waals surface area contributed by atoms with Gasteiger partial charge in [-0.2, -0.15) is 0 Å². The van der Waals surface area contributed by atoms with E-state index in [0.717, 1.165) is 30.7 Å². The highest BCUT2D eigenvalue weighted by Crippen LogP contribution is 2.24. The van der Waals surface area contributed by atoms with Gasteiger partial charge in [0.2, 0.25) is 0 Å². The standard InChI is InChI=1S/C18H22N2O2/c1-2-5-15-11-20(12-16(15)19)18(21)14-7-3-6-13(10-14)17-8-4-9-22-17/h3-4,6-10,15-16H,2,5,11-12,19H2,1H3. The lowest BCUT2D eigenvalue weighted by molar-refractivity contribution is 0.0785. The first-order valence-corrected chi connectivity index (χ1v) is 7.88. The van der Waals surface area contributed by atoms with Crippen molar-refractivity contribution < 1.29 is 9.21 Å². The molecule has 0 bridgehead atoms. The van der Waals surface area contributed by atoms with E-state index in [0.29, 0.717) is 18.0 Å². The molecule has 116 valence electrons. The first-order valence-electron chi connectivity index (χ1n) is 7.88. The highest BCUT2D eigenvalue weighted by atomic mass is 16.3. The van der Waals surface area contributed by atoms with Crippen LogP contribution in [0.15, 0.2) is 47.1 Å². The summed E-state index contributed by atoms with van der Waals surface area (Å²) in [6.45, 7) is 3.57. The average Bonchev–Trinajstić information content (AvgIpc) is 3.18. The number of furan rings is 1. The van der Waals surface area contributed by atoms with E-state index in [1.807, 2.05) is 41.3 Å². The zero-order chi connectivity index (χ0) is 15.5. The minimum atomic E-state index is 0.0578. The Morgan fingerprint density at radius 1 is 1.32 bits per heavy atom. The Labute approximate surface area is 130 Å². The third kappa shape index (κ3) is 2.92. The molecule has 0 spiro atoms. The van der Waals surface area contributed by atoms with Crippen molar-refractivity contribution in [3.8, 4) is 11.3 Å². The fourth-order valence-electron chi connectivity index (χ4n) is 3.17. The summed E-state index contributed by atoms with van der Waals surface area (Å²) in [5.41, 5.74) is 7.78. The van der Waals surface area contributed by atoms with Crippen LogP contribution in [0.4, 0.5) is 0 Å². The second kappa shape index (κ2) is 6.36. The summed E-state index contributed by atoms with van der Waals surface area (Å²) >= 11 is 0. The predicted molar refractivity (Wildman–Crippen MR) is 86.4 cm³/mol. The van der Waals surface area contributed by atoms with Crippen LogP contribution in [0, 0.1) is 5.92 Å². The zero-order valence-electron chi connectivity index (χ0n) is 12.9. The summed E-state index contributed by atoms with van der Waals surface area (Å²) in [5.74, 6) is 1.25. The van der Waals surface area contributed by atoms with Crippen LogP contribution in [0.2, 0.25) is 0 Å². The van der Waals surface area contributed by atoms with Crippen LogP contribution in [-0.2, 0) is 0 Å². The second-order valence-corrected chi connectivity index (χ2v) is 5.98. The van der Waals surface area contributed by atoms with Crippen molar-refractivity contribution in [1.29, 1.82) is 0 Å². The number of hydrogen-bond acceptors (Lipinski definition) is 3. The van der Waals surface area contributed by atoms with Gasteiger partial charge in [0, 0.05) is 30.3 Å². The number of nitrogens with two attached hydrogens (primary N) is 1. The Morgan fingerprint density at radius 3 is 2.91 bits per heavy atom. The van der Waals surface area contributed by atoms with E-state index >= 15 is 0 Å². The molecule has 1 amide bonds. The summed E-state index contributed by atoms with van der Waals surface area (Å²) < 4.78 is 5.40. The van der Waals surface area contributed by atoms with Gasteiger partial charge in [0.05, 0.1) is 6.26 Å². The number of hydrogen-bond donors (Lipinski definition) is 1. The van der Waals surface area contributed by atoms with Crippen LogP contribution in [0.3, 0.4) is 0 Å². The van der Waals surface area contributed by atoms with E-state index in [4.69, 9.17) is 10.2 Å². The number of nitrogens with zero attached hydrogens (tertiary/aromatic N) is 1. The van der Waals surface area contributed by atoms with E-state index < -0.39 is 0 Å². The van der Waals surface area contributed by atoms with Gasteiger partial charge in [-0.3, -0.25) is 4.79 Å². The molecule has 1 aliphatic heterocycles. The van der Waals surface area contributed by atoms with Crippen molar-refractivity contribution in [1.82, 2.24) is 4.90 Å². The molecule has 1 aromatic heterocycles. The maximum atomic E-state index is 12.7. The lowest BCUT2D eigenvalue weighted by Gasteiger charge is -2.16. The third-order valence-electron chi connectivity index (χ3n) is 4.35. The maximum absolute atomic E-state index is 12.7. The van der Waals surface area contributed by atoms with E-state index in [1.54, 1.807) is 6.26 Å². The van der Waals surface area contributed by atoms with Gasteiger partial charge in [0.1, 0.15) is 5.76 Å². The number of amides is 1. The molecular formula is C18H22N2O2. The summed E-state index contributed by atoms with van der Waals surface area (Å²) in [4.78, 5) is 14.6. The van der Waals surface area contributed by atoms with Crippen molar-refractivity contribution >= 4 is 5.91 Å². The molecule has 2 aromatic rings. The van der Waals surface area contributed by atoms with Crippen LogP contribution < -0.4 is 5.73 Å². The minimum Gasteiger partial charge on any atom is -0.464 e. The van der Waals surface area contributed by atoms with Gasteiger partial charge in [-0.05, 0) is 36.6 Å². The van der Waals surface area contributed by atoms with E-state index in [9.17, 15) is 4.79 Å². The normalized spacial score (nSPS) is 21.3. The SMILES string of the molecule is CCCC1CN(C(=O)c2cccc(-c3ccco3)c2)CC1N. The molecule has 22 heavy (non-hydrogen) atoms. The van der Waals surface area contributed by atoms with E-state index in [2.05, 4.69) is 6.92 Å². The molecule has 4 nitrogen and oxygen atoms in total. The molecule has 1 fully saturated rings. The number of carbonyl (C=O) groups is 1. The lowest BCUT2D eigenvalue weighted by atomic mass is 9.99. The van der Waals surface area contributed by atoms with Crippen LogP contribution in [0.5, 0.6) is 0 Å². The number of likely N-dealkylation sites (tertiary alicyclic amines) is 1. The molecule has 2 heterocycles. The Hall–Kier alpha value is -2.07. The van der Waals surface area contributed by atoms with Crippen LogP contribution >= 0.6 is 0 Å². The zero-order valence-corrected chi connectivity index (χ0v) is 12.9. The van der Waals surface area contributed by atoms with Gasteiger partial charge in [-0.1, -0.05) is 25.5 Å². The summed E-state index contributed by atoms with van der Waals surface area (Å²) in [5, 5.41) is 0. The molecule has 1 saturated heterocycles. The summed E-state index contributed by atoms with van der Waals surface area (Å²) in [6.07, 6.45) is 3.82. The van der Waals surface area contributed by atoms with E-state index in [-0.39, 0.29) is 11.9 Å². The van der Waals surface area contributed by atoms with Gasteiger partial charge < -0.3 is 15.1 Å². The lowest BCUT2D eigenvalue weighted by Crippen LogP contribution is -2.32. The monoisotopic (exact) mass is 298 g/mol. The average molecular weight is 298 g/mol. The highest BCUT2D eigenvalue weighted by Gasteiger charge is 2.32. The quantitative estimate of drug-likeness (QED) is 0.943. The summed E-state index contributed by atoms with van der Waals surface area (Å²) in [7, 11) is 0. The van der Waals surface area contributed by atoms with Crippen molar-refractivity contribution in [3.63, 3.8) is 0 Å². The molecule has 0 aliphatic carbocycles. The number of rotatable bonds is 4. The maximum Gasteiger partial charge on any atom is 0.253 e. The molecule has 3 rings (SSSR count). The Morgan fingerprint density at radius 2 is 2.18 bits per heavy atom. The molecule has 2 unspecified atom stereocenters. The van der Waals surface area contributed by atoms with Gasteiger partial charge in [-0.25, -0.2) is 0 Å². The van der Waals surface area contributed by atoms with Gasteiger partial charge in [0.15, 0.2) is 0 Å². The molecule has 1 aliphatic rings. The first-order chi connectivity index (χ1) is 10.7. The van der Waals surface area contributed by atoms with Crippen molar-refractivity contribution in [3.05, 3.63) is 48.2 Å². The molecular weight excluding hydrogens is 276 g/mol.